The Morgan fingerprint density at radius 2 is 2.00 bits per heavy atom. The summed E-state index contributed by atoms with van der Waals surface area (Å²) in [4.78, 5) is 4.80. The standard InChI is InChI=1S/C17H22N2OS/c1-20-16(12-7-3-2-4-8-12)17-19-15(11-21-17)13-9-5-6-10-14(13)18/h5-6,9-12,16H,2-4,7-8,18H2,1H3. The molecule has 0 spiro atoms. The van der Waals surface area contributed by atoms with E-state index in [0.29, 0.717) is 5.92 Å². The second-order valence-electron chi connectivity index (χ2n) is 5.71. The summed E-state index contributed by atoms with van der Waals surface area (Å²) in [5.74, 6) is 0.607. The maximum atomic E-state index is 6.05. The summed E-state index contributed by atoms with van der Waals surface area (Å²) >= 11 is 1.69. The van der Waals surface area contributed by atoms with Gasteiger partial charge in [0.25, 0.3) is 0 Å². The Bertz CT molecular complexity index is 590. The van der Waals surface area contributed by atoms with Crippen molar-refractivity contribution in [2.45, 2.75) is 38.2 Å². The number of benzene rings is 1. The average molecular weight is 302 g/mol. The maximum absolute atomic E-state index is 6.05. The number of nitrogens with zero attached hydrogens (tertiary/aromatic N) is 1. The molecule has 4 heteroatoms. The van der Waals surface area contributed by atoms with Gasteiger partial charge < -0.3 is 10.5 Å². The fraction of sp³-hybridized carbons (Fsp3) is 0.471. The van der Waals surface area contributed by atoms with E-state index in [1.807, 2.05) is 24.3 Å². The molecule has 0 radical (unpaired) electrons. The van der Waals surface area contributed by atoms with Crippen molar-refractivity contribution in [1.29, 1.82) is 0 Å². The first kappa shape index (κ1) is 14.5. The Morgan fingerprint density at radius 1 is 1.24 bits per heavy atom. The smallest absolute Gasteiger partial charge is 0.122 e. The van der Waals surface area contributed by atoms with E-state index in [4.69, 9.17) is 15.5 Å². The minimum absolute atomic E-state index is 0.133. The third-order valence-corrected chi connectivity index (χ3v) is 5.24. The number of thiazole rings is 1. The number of methoxy groups -OCH3 is 1. The molecule has 1 fully saturated rings. The first-order valence-corrected chi connectivity index (χ1v) is 8.50. The van der Waals surface area contributed by atoms with Crippen LogP contribution in [0.4, 0.5) is 5.69 Å². The summed E-state index contributed by atoms with van der Waals surface area (Å²) in [6.07, 6.45) is 6.62. The number of nitrogen functional groups attached to an aromatic ring is 1. The normalized spacial score (nSPS) is 17.8. The van der Waals surface area contributed by atoms with Gasteiger partial charge in [-0.3, -0.25) is 0 Å². The molecule has 1 aliphatic carbocycles. The van der Waals surface area contributed by atoms with Gasteiger partial charge in [-0.05, 0) is 24.8 Å². The molecular formula is C17H22N2OS. The van der Waals surface area contributed by atoms with Crippen LogP contribution in [0.15, 0.2) is 29.6 Å². The topological polar surface area (TPSA) is 48.1 Å². The Balaban J connectivity index is 1.84. The van der Waals surface area contributed by atoms with Crippen LogP contribution in [0, 0.1) is 5.92 Å². The van der Waals surface area contributed by atoms with Crippen LogP contribution in [0.3, 0.4) is 0 Å². The summed E-state index contributed by atoms with van der Waals surface area (Å²) in [5.41, 5.74) is 8.80. The lowest BCUT2D eigenvalue weighted by atomic mass is 9.85. The van der Waals surface area contributed by atoms with Crippen LogP contribution >= 0.6 is 11.3 Å². The van der Waals surface area contributed by atoms with Crippen molar-refractivity contribution in [1.82, 2.24) is 4.98 Å². The van der Waals surface area contributed by atoms with Crippen LogP contribution in [0.2, 0.25) is 0 Å². The minimum Gasteiger partial charge on any atom is -0.398 e. The van der Waals surface area contributed by atoms with Crippen molar-refractivity contribution >= 4 is 17.0 Å². The van der Waals surface area contributed by atoms with Gasteiger partial charge in [0.2, 0.25) is 0 Å². The molecule has 112 valence electrons. The van der Waals surface area contributed by atoms with Gasteiger partial charge in [0.15, 0.2) is 0 Å². The first-order chi connectivity index (χ1) is 10.3. The van der Waals surface area contributed by atoms with Gasteiger partial charge in [-0.2, -0.15) is 0 Å². The van der Waals surface area contributed by atoms with Gasteiger partial charge in [-0.25, -0.2) is 4.98 Å². The van der Waals surface area contributed by atoms with E-state index in [2.05, 4.69) is 5.38 Å². The molecule has 21 heavy (non-hydrogen) atoms. The largest absolute Gasteiger partial charge is 0.398 e. The molecule has 0 aliphatic heterocycles. The second kappa shape index (κ2) is 6.58. The summed E-state index contributed by atoms with van der Waals surface area (Å²) < 4.78 is 5.77. The molecule has 1 saturated carbocycles. The van der Waals surface area contributed by atoms with Crippen molar-refractivity contribution in [2.75, 3.05) is 12.8 Å². The zero-order valence-corrected chi connectivity index (χ0v) is 13.2. The molecular weight excluding hydrogens is 280 g/mol. The van der Waals surface area contributed by atoms with Crippen molar-refractivity contribution in [3.05, 3.63) is 34.7 Å². The zero-order chi connectivity index (χ0) is 14.7. The Kier molecular flexibility index (Phi) is 4.56. The number of aromatic nitrogens is 1. The predicted molar refractivity (Wildman–Crippen MR) is 88.3 cm³/mol. The third kappa shape index (κ3) is 3.11. The van der Waals surface area contributed by atoms with E-state index >= 15 is 0 Å². The van der Waals surface area contributed by atoms with E-state index in [1.165, 1.54) is 32.1 Å². The van der Waals surface area contributed by atoms with Crippen LogP contribution in [0.25, 0.3) is 11.3 Å². The molecule has 1 aliphatic rings. The number of ether oxygens (including phenoxy) is 1. The van der Waals surface area contributed by atoms with Crippen molar-refractivity contribution in [3.63, 3.8) is 0 Å². The highest BCUT2D eigenvalue weighted by molar-refractivity contribution is 7.10. The highest BCUT2D eigenvalue weighted by Crippen LogP contribution is 2.39. The number of nitrogens with two attached hydrogens (primary N) is 1. The molecule has 1 unspecified atom stereocenters. The number of rotatable bonds is 4. The average Bonchev–Trinajstić information content (AvgIpc) is 2.99. The molecule has 0 bridgehead atoms. The van der Waals surface area contributed by atoms with Crippen LogP contribution in [0.1, 0.15) is 43.2 Å². The highest BCUT2D eigenvalue weighted by Gasteiger charge is 2.27. The monoisotopic (exact) mass is 302 g/mol. The summed E-state index contributed by atoms with van der Waals surface area (Å²) in [5, 5.41) is 3.18. The van der Waals surface area contributed by atoms with Crippen LogP contribution in [-0.2, 0) is 4.74 Å². The molecule has 0 saturated heterocycles. The van der Waals surface area contributed by atoms with E-state index in [0.717, 1.165) is 22.0 Å². The predicted octanol–water partition coefficient (Wildman–Crippen LogP) is 4.66. The molecule has 1 atom stereocenters. The lowest BCUT2D eigenvalue weighted by molar-refractivity contribution is 0.0353. The number of hydrogen-bond donors (Lipinski definition) is 1. The SMILES string of the molecule is COC(c1nc(-c2ccccc2N)cs1)C1CCCCC1. The van der Waals surface area contributed by atoms with Gasteiger partial charge in [-0.1, -0.05) is 37.5 Å². The number of para-hydroxylation sites is 1. The van der Waals surface area contributed by atoms with E-state index < -0.39 is 0 Å². The fourth-order valence-electron chi connectivity index (χ4n) is 3.20. The van der Waals surface area contributed by atoms with Gasteiger partial charge >= 0.3 is 0 Å². The molecule has 2 N–H and O–H groups in total. The van der Waals surface area contributed by atoms with Gasteiger partial charge in [0.1, 0.15) is 11.1 Å². The molecule has 1 heterocycles. The minimum atomic E-state index is 0.133. The first-order valence-electron chi connectivity index (χ1n) is 7.62. The molecule has 1 aromatic heterocycles. The van der Waals surface area contributed by atoms with Crippen molar-refractivity contribution < 1.29 is 4.74 Å². The van der Waals surface area contributed by atoms with Gasteiger partial charge in [0, 0.05) is 23.7 Å². The van der Waals surface area contributed by atoms with Gasteiger partial charge in [0.05, 0.1) is 5.69 Å². The van der Waals surface area contributed by atoms with Crippen molar-refractivity contribution in [2.24, 2.45) is 5.92 Å². The molecule has 1 aromatic carbocycles. The van der Waals surface area contributed by atoms with Crippen LogP contribution < -0.4 is 5.73 Å². The Morgan fingerprint density at radius 3 is 2.71 bits per heavy atom. The van der Waals surface area contributed by atoms with Gasteiger partial charge in [-0.15, -0.1) is 11.3 Å². The summed E-state index contributed by atoms with van der Waals surface area (Å²) in [7, 11) is 1.80. The quantitative estimate of drug-likeness (QED) is 0.836. The third-order valence-electron chi connectivity index (χ3n) is 4.33. The van der Waals surface area contributed by atoms with Crippen LogP contribution in [0.5, 0.6) is 0 Å². The number of hydrogen-bond acceptors (Lipinski definition) is 4. The lowest BCUT2D eigenvalue weighted by Gasteiger charge is -2.27. The molecule has 2 aromatic rings. The summed E-state index contributed by atoms with van der Waals surface area (Å²) in [6, 6.07) is 7.89. The van der Waals surface area contributed by atoms with Crippen molar-refractivity contribution in [3.8, 4) is 11.3 Å². The molecule has 3 rings (SSSR count). The molecule has 0 amide bonds. The van der Waals surface area contributed by atoms with E-state index in [9.17, 15) is 0 Å². The zero-order valence-electron chi connectivity index (χ0n) is 12.4. The second-order valence-corrected chi connectivity index (χ2v) is 6.60. The highest BCUT2D eigenvalue weighted by atomic mass is 32.1. The Labute approximate surface area is 130 Å². The van der Waals surface area contributed by atoms with Crippen LogP contribution in [-0.4, -0.2) is 12.1 Å². The summed E-state index contributed by atoms with van der Waals surface area (Å²) in [6.45, 7) is 0. The Hall–Kier alpha value is -1.39. The maximum Gasteiger partial charge on any atom is 0.122 e. The van der Waals surface area contributed by atoms with E-state index in [-0.39, 0.29) is 6.10 Å². The number of anilines is 1. The van der Waals surface area contributed by atoms with E-state index in [1.54, 1.807) is 18.4 Å². The fourth-order valence-corrected chi connectivity index (χ4v) is 4.19. The lowest BCUT2D eigenvalue weighted by Crippen LogP contribution is -2.17. The molecule has 3 nitrogen and oxygen atoms in total.